The Morgan fingerprint density at radius 1 is 1.13 bits per heavy atom. The van der Waals surface area contributed by atoms with Gasteiger partial charge < -0.3 is 13.9 Å². The molecular formula is C22H24N4O3S2. The average Bonchev–Trinajstić information content (AvgIpc) is 3.53. The Hall–Kier alpha value is -2.78. The predicted octanol–water partition coefficient (Wildman–Crippen LogP) is 5.48. The summed E-state index contributed by atoms with van der Waals surface area (Å²) < 4.78 is 18.4. The number of hydrogen-bond donors (Lipinski definition) is 0. The standard InChI is InChI=1S/C22H24N4O3S2/c1-14(2)20-24-25-22(26(20)11-17-6-5-9-29-17)31-13-16-12-30-21(23-16)15-7-8-18(27-3)19(10-15)28-4/h5-10,12,14H,11,13H2,1-4H3. The van der Waals surface area contributed by atoms with Crippen LogP contribution in [0.5, 0.6) is 11.5 Å². The summed E-state index contributed by atoms with van der Waals surface area (Å²) in [4.78, 5) is 4.80. The Balaban J connectivity index is 1.50. The summed E-state index contributed by atoms with van der Waals surface area (Å²) >= 11 is 3.24. The summed E-state index contributed by atoms with van der Waals surface area (Å²) in [7, 11) is 3.27. The SMILES string of the molecule is COc1ccc(-c2nc(CSc3nnc(C(C)C)n3Cc3ccco3)cs2)cc1OC. The maximum atomic E-state index is 5.53. The third kappa shape index (κ3) is 4.77. The molecule has 0 aliphatic carbocycles. The van der Waals surface area contributed by atoms with Crippen molar-refractivity contribution >= 4 is 23.1 Å². The Kier molecular flexibility index (Phi) is 6.62. The van der Waals surface area contributed by atoms with Gasteiger partial charge >= 0.3 is 0 Å². The van der Waals surface area contributed by atoms with Gasteiger partial charge in [0.15, 0.2) is 16.7 Å². The Labute approximate surface area is 189 Å². The number of thioether (sulfide) groups is 1. The second-order valence-electron chi connectivity index (χ2n) is 7.16. The molecule has 0 aliphatic heterocycles. The molecule has 3 aromatic heterocycles. The highest BCUT2D eigenvalue weighted by Crippen LogP contribution is 2.34. The largest absolute Gasteiger partial charge is 0.493 e. The zero-order chi connectivity index (χ0) is 21.8. The van der Waals surface area contributed by atoms with Crippen molar-refractivity contribution < 1.29 is 13.9 Å². The maximum absolute atomic E-state index is 5.53. The highest BCUT2D eigenvalue weighted by Gasteiger charge is 2.17. The maximum Gasteiger partial charge on any atom is 0.192 e. The first kappa shape index (κ1) is 21.5. The number of methoxy groups -OCH3 is 2. The van der Waals surface area contributed by atoms with Crippen LogP contribution in [0.2, 0.25) is 0 Å². The van der Waals surface area contributed by atoms with Crippen LogP contribution in [0.25, 0.3) is 10.6 Å². The molecule has 31 heavy (non-hydrogen) atoms. The minimum absolute atomic E-state index is 0.271. The van der Waals surface area contributed by atoms with Crippen LogP contribution < -0.4 is 9.47 Å². The Morgan fingerprint density at radius 2 is 1.97 bits per heavy atom. The van der Waals surface area contributed by atoms with Crippen molar-refractivity contribution in [3.8, 4) is 22.1 Å². The number of aromatic nitrogens is 4. The first-order valence-corrected chi connectivity index (χ1v) is 11.7. The molecule has 0 amide bonds. The van der Waals surface area contributed by atoms with Crippen LogP contribution in [0.4, 0.5) is 0 Å². The summed E-state index contributed by atoms with van der Waals surface area (Å²) in [5.74, 6) is 4.20. The van der Waals surface area contributed by atoms with Crippen molar-refractivity contribution in [1.29, 1.82) is 0 Å². The Bertz CT molecular complexity index is 1140. The summed E-state index contributed by atoms with van der Waals surface area (Å²) in [6, 6.07) is 9.70. The summed E-state index contributed by atoms with van der Waals surface area (Å²) in [5, 5.41) is 12.7. The highest BCUT2D eigenvalue weighted by atomic mass is 32.2. The van der Waals surface area contributed by atoms with Gasteiger partial charge in [-0.3, -0.25) is 4.57 Å². The zero-order valence-electron chi connectivity index (χ0n) is 17.9. The molecule has 0 fully saturated rings. The van der Waals surface area contributed by atoms with E-state index in [9.17, 15) is 0 Å². The lowest BCUT2D eigenvalue weighted by Gasteiger charge is -2.10. The van der Waals surface area contributed by atoms with E-state index in [1.54, 1.807) is 43.6 Å². The van der Waals surface area contributed by atoms with Crippen LogP contribution in [0.15, 0.2) is 51.5 Å². The first-order chi connectivity index (χ1) is 15.1. The van der Waals surface area contributed by atoms with Crippen molar-refractivity contribution in [3.63, 3.8) is 0 Å². The lowest BCUT2D eigenvalue weighted by atomic mass is 10.2. The van der Waals surface area contributed by atoms with E-state index >= 15 is 0 Å². The molecule has 0 bridgehead atoms. The lowest BCUT2D eigenvalue weighted by molar-refractivity contribution is 0.355. The molecule has 0 unspecified atom stereocenters. The fraction of sp³-hybridized carbons (Fsp3) is 0.318. The summed E-state index contributed by atoms with van der Waals surface area (Å²) in [6.07, 6.45) is 1.69. The van der Waals surface area contributed by atoms with Gasteiger partial charge in [-0.25, -0.2) is 4.98 Å². The third-order valence-corrected chi connectivity index (χ3v) is 6.63. The average molecular weight is 457 g/mol. The summed E-state index contributed by atoms with van der Waals surface area (Å²) in [6.45, 7) is 4.85. The molecule has 4 aromatic rings. The van der Waals surface area contributed by atoms with E-state index in [-0.39, 0.29) is 5.92 Å². The van der Waals surface area contributed by atoms with Crippen LogP contribution in [-0.2, 0) is 12.3 Å². The molecular weight excluding hydrogens is 432 g/mol. The summed E-state index contributed by atoms with van der Waals surface area (Å²) in [5.41, 5.74) is 2.00. The zero-order valence-corrected chi connectivity index (χ0v) is 19.5. The normalized spacial score (nSPS) is 11.3. The fourth-order valence-electron chi connectivity index (χ4n) is 3.15. The third-order valence-electron chi connectivity index (χ3n) is 4.69. The molecule has 0 N–H and O–H groups in total. The molecule has 0 radical (unpaired) electrons. The molecule has 0 aliphatic rings. The van der Waals surface area contributed by atoms with Crippen LogP contribution >= 0.6 is 23.1 Å². The van der Waals surface area contributed by atoms with Crippen molar-refractivity contribution in [1.82, 2.24) is 19.7 Å². The fourth-order valence-corrected chi connectivity index (χ4v) is 4.91. The number of hydrogen-bond acceptors (Lipinski definition) is 8. The van der Waals surface area contributed by atoms with Gasteiger partial charge in [-0.2, -0.15) is 0 Å². The number of furan rings is 1. The number of benzene rings is 1. The van der Waals surface area contributed by atoms with Gasteiger partial charge in [0.05, 0.1) is 32.7 Å². The number of thiazole rings is 1. The van der Waals surface area contributed by atoms with Crippen LogP contribution in [0.1, 0.15) is 37.0 Å². The first-order valence-electron chi connectivity index (χ1n) is 9.84. The van der Waals surface area contributed by atoms with Gasteiger partial charge in [0.25, 0.3) is 0 Å². The predicted molar refractivity (Wildman–Crippen MR) is 122 cm³/mol. The van der Waals surface area contributed by atoms with Crippen LogP contribution in [0, 0.1) is 0 Å². The lowest BCUT2D eigenvalue weighted by Crippen LogP contribution is -2.07. The van der Waals surface area contributed by atoms with Gasteiger partial charge in [0, 0.05) is 22.6 Å². The minimum atomic E-state index is 0.271. The topological polar surface area (TPSA) is 75.2 Å². The molecule has 0 atom stereocenters. The van der Waals surface area contributed by atoms with E-state index in [2.05, 4.69) is 34.0 Å². The van der Waals surface area contributed by atoms with E-state index in [1.165, 1.54) is 0 Å². The molecule has 0 spiro atoms. The smallest absolute Gasteiger partial charge is 0.192 e. The molecule has 7 nitrogen and oxygen atoms in total. The molecule has 4 rings (SSSR count). The van der Waals surface area contributed by atoms with Gasteiger partial charge in [0.1, 0.15) is 16.6 Å². The number of ether oxygens (including phenoxy) is 2. The quantitative estimate of drug-likeness (QED) is 0.309. The van der Waals surface area contributed by atoms with E-state index in [0.29, 0.717) is 23.8 Å². The number of rotatable bonds is 9. The van der Waals surface area contributed by atoms with E-state index < -0.39 is 0 Å². The second-order valence-corrected chi connectivity index (χ2v) is 8.96. The molecule has 9 heteroatoms. The highest BCUT2D eigenvalue weighted by molar-refractivity contribution is 7.98. The van der Waals surface area contributed by atoms with Crippen molar-refractivity contribution in [3.05, 3.63) is 59.3 Å². The van der Waals surface area contributed by atoms with Gasteiger partial charge in [-0.1, -0.05) is 25.6 Å². The van der Waals surface area contributed by atoms with Crippen molar-refractivity contribution in [2.24, 2.45) is 0 Å². The van der Waals surface area contributed by atoms with Gasteiger partial charge in [-0.05, 0) is 30.3 Å². The van der Waals surface area contributed by atoms with Crippen molar-refractivity contribution in [2.45, 2.75) is 37.2 Å². The van der Waals surface area contributed by atoms with Gasteiger partial charge in [-0.15, -0.1) is 21.5 Å². The molecule has 162 valence electrons. The van der Waals surface area contributed by atoms with Crippen molar-refractivity contribution in [2.75, 3.05) is 14.2 Å². The second kappa shape index (κ2) is 9.57. The molecule has 1 aromatic carbocycles. The van der Waals surface area contributed by atoms with Crippen LogP contribution in [0.3, 0.4) is 0 Å². The molecule has 0 saturated carbocycles. The molecule has 0 saturated heterocycles. The van der Waals surface area contributed by atoms with Gasteiger partial charge in [0.2, 0.25) is 0 Å². The van der Waals surface area contributed by atoms with Crippen LogP contribution in [-0.4, -0.2) is 34.0 Å². The van der Waals surface area contributed by atoms with E-state index in [1.807, 2.05) is 30.3 Å². The number of nitrogens with zero attached hydrogens (tertiary/aromatic N) is 4. The van der Waals surface area contributed by atoms with E-state index in [4.69, 9.17) is 18.9 Å². The van der Waals surface area contributed by atoms with E-state index in [0.717, 1.165) is 33.0 Å². The minimum Gasteiger partial charge on any atom is -0.493 e. The molecule has 3 heterocycles. The monoisotopic (exact) mass is 456 g/mol. The Morgan fingerprint density at radius 3 is 2.68 bits per heavy atom.